The maximum absolute atomic E-state index is 17.1. The molecule has 0 aromatic heterocycles. The molecule has 4 rings (SSSR count). The summed E-state index contributed by atoms with van der Waals surface area (Å²) in [4.78, 5) is 37.5. The third kappa shape index (κ3) is 3.28. The van der Waals surface area contributed by atoms with Gasteiger partial charge < -0.3 is 14.9 Å². The lowest BCUT2D eigenvalue weighted by Crippen LogP contribution is -2.70. The Labute approximate surface area is 204 Å². The molecule has 4 aliphatic rings. The molecule has 0 aliphatic heterocycles. The van der Waals surface area contributed by atoms with Gasteiger partial charge in [0, 0.05) is 16.7 Å². The van der Waals surface area contributed by atoms with Crippen LogP contribution in [0.2, 0.25) is 0 Å². The molecule has 3 saturated carbocycles. The van der Waals surface area contributed by atoms with E-state index in [-0.39, 0.29) is 24.8 Å². The van der Waals surface area contributed by atoms with Crippen molar-refractivity contribution in [2.75, 3.05) is 6.61 Å². The summed E-state index contributed by atoms with van der Waals surface area (Å²) >= 11 is 0. The summed E-state index contributed by atoms with van der Waals surface area (Å²) in [6.07, 6.45) is 0.249. The van der Waals surface area contributed by atoms with Crippen molar-refractivity contribution in [1.82, 2.24) is 0 Å². The SMILES string of the molecule is CC1CC2C3CC(F)C4=CC(=O)C=C[C@]4(C)[C@@]3(F)C(O)C[C@]2(C)[C@@]1(O)C(=O)COC(=O)C(C)(C)C. The molecule has 0 aromatic carbocycles. The highest BCUT2D eigenvalue weighted by Crippen LogP contribution is 2.70. The average Bonchev–Trinajstić information content (AvgIpc) is 2.96. The molecule has 4 aliphatic carbocycles. The van der Waals surface area contributed by atoms with Crippen molar-refractivity contribution >= 4 is 17.5 Å². The van der Waals surface area contributed by atoms with Crippen LogP contribution < -0.4 is 0 Å². The summed E-state index contributed by atoms with van der Waals surface area (Å²) in [6, 6.07) is 0. The third-order valence-electron chi connectivity index (χ3n) is 9.58. The highest BCUT2D eigenvalue weighted by molar-refractivity contribution is 6.01. The molecule has 5 unspecified atom stereocenters. The monoisotopic (exact) mass is 494 g/mol. The number of esters is 1. The van der Waals surface area contributed by atoms with Gasteiger partial charge in [0.1, 0.15) is 11.8 Å². The molecule has 0 aromatic rings. The van der Waals surface area contributed by atoms with Crippen molar-refractivity contribution in [3.8, 4) is 0 Å². The van der Waals surface area contributed by atoms with E-state index in [9.17, 15) is 24.6 Å². The van der Waals surface area contributed by atoms with E-state index in [2.05, 4.69) is 0 Å². The van der Waals surface area contributed by atoms with Gasteiger partial charge in [-0.25, -0.2) is 8.78 Å². The minimum Gasteiger partial charge on any atom is -0.457 e. The molecule has 9 atom stereocenters. The van der Waals surface area contributed by atoms with E-state index >= 15 is 8.78 Å². The van der Waals surface area contributed by atoms with Crippen LogP contribution in [0, 0.1) is 34.0 Å². The number of halogens is 2. The Balaban J connectivity index is 1.72. The van der Waals surface area contributed by atoms with Crippen molar-refractivity contribution in [2.45, 2.75) is 84.4 Å². The van der Waals surface area contributed by atoms with Crippen LogP contribution in [-0.2, 0) is 19.1 Å². The number of ether oxygens (including phenoxy) is 1. The molecular formula is C27H36F2O6. The first-order chi connectivity index (χ1) is 15.9. The third-order valence-corrected chi connectivity index (χ3v) is 9.58. The molecule has 0 spiro atoms. The number of fused-ring (bicyclic) bond motifs is 5. The summed E-state index contributed by atoms with van der Waals surface area (Å²) in [5.74, 6) is -3.94. The van der Waals surface area contributed by atoms with E-state index in [1.807, 2.05) is 0 Å². The van der Waals surface area contributed by atoms with Gasteiger partial charge in [-0.2, -0.15) is 0 Å². The topological polar surface area (TPSA) is 101 Å². The first kappa shape index (κ1) is 26.1. The second-order valence-electron chi connectivity index (χ2n) is 12.5. The second-order valence-corrected chi connectivity index (χ2v) is 12.5. The van der Waals surface area contributed by atoms with Crippen molar-refractivity contribution < 1.29 is 38.1 Å². The quantitative estimate of drug-likeness (QED) is 0.583. The fourth-order valence-electron chi connectivity index (χ4n) is 7.59. The predicted molar refractivity (Wildman–Crippen MR) is 124 cm³/mol. The predicted octanol–water partition coefficient (Wildman–Crippen LogP) is 3.44. The summed E-state index contributed by atoms with van der Waals surface area (Å²) < 4.78 is 37.8. The van der Waals surface area contributed by atoms with E-state index in [0.717, 1.165) is 6.08 Å². The molecule has 0 radical (unpaired) electrons. The molecule has 0 heterocycles. The summed E-state index contributed by atoms with van der Waals surface area (Å²) in [6.45, 7) is 9.15. The standard InChI is InChI=1S/C27H36F2O6/c1-14-9-16-17-11-19(28)18-10-15(30)7-8-24(18,5)26(17,29)20(31)12-25(16,6)27(14,34)21(32)13-35-22(33)23(2,3)4/h7-8,10,14,16-17,19-20,31,34H,9,11-13H2,1-6H3/t14?,16?,17?,19?,20?,24-,25-,26-,27-/m0/s1. The van der Waals surface area contributed by atoms with Gasteiger partial charge in [0.2, 0.25) is 5.78 Å². The number of carbonyl (C=O) groups is 3. The Bertz CT molecular complexity index is 1030. The second kappa shape index (κ2) is 7.78. The molecule has 35 heavy (non-hydrogen) atoms. The maximum atomic E-state index is 17.1. The van der Waals surface area contributed by atoms with E-state index in [1.165, 1.54) is 19.1 Å². The Morgan fingerprint density at radius 1 is 1.20 bits per heavy atom. The number of ketones is 2. The summed E-state index contributed by atoms with van der Waals surface area (Å²) in [7, 11) is 0. The minimum atomic E-state index is -2.28. The van der Waals surface area contributed by atoms with E-state index < -0.39 is 81.7 Å². The fourth-order valence-corrected chi connectivity index (χ4v) is 7.59. The van der Waals surface area contributed by atoms with Gasteiger partial charge in [0.05, 0.1) is 11.5 Å². The average molecular weight is 495 g/mol. The molecule has 6 nitrogen and oxygen atoms in total. The van der Waals surface area contributed by atoms with Crippen LogP contribution in [0.1, 0.15) is 60.8 Å². The number of rotatable bonds is 3. The van der Waals surface area contributed by atoms with Crippen molar-refractivity contribution in [3.63, 3.8) is 0 Å². The van der Waals surface area contributed by atoms with Crippen LogP contribution in [0.4, 0.5) is 8.78 Å². The number of hydrogen-bond donors (Lipinski definition) is 2. The Morgan fingerprint density at radius 2 is 1.83 bits per heavy atom. The van der Waals surface area contributed by atoms with Crippen molar-refractivity contribution in [2.24, 2.45) is 34.0 Å². The number of Topliss-reactive ketones (excluding diaryl/α,β-unsaturated/α-hetero) is 1. The number of aliphatic hydroxyl groups is 2. The zero-order chi connectivity index (χ0) is 26.4. The largest absolute Gasteiger partial charge is 0.457 e. The first-order valence-corrected chi connectivity index (χ1v) is 12.3. The molecule has 2 N–H and O–H groups in total. The lowest BCUT2D eigenvalue weighted by molar-refractivity contribution is -0.224. The van der Waals surface area contributed by atoms with E-state index in [0.29, 0.717) is 0 Å². The molecule has 8 heteroatoms. The Hall–Kier alpha value is -1.93. The van der Waals surface area contributed by atoms with Crippen molar-refractivity contribution in [1.29, 1.82) is 0 Å². The molecule has 0 bridgehead atoms. The maximum Gasteiger partial charge on any atom is 0.311 e. The first-order valence-electron chi connectivity index (χ1n) is 12.3. The Morgan fingerprint density at radius 3 is 2.43 bits per heavy atom. The summed E-state index contributed by atoms with van der Waals surface area (Å²) in [5.41, 5.74) is -7.87. The Kier molecular flexibility index (Phi) is 5.81. The van der Waals surface area contributed by atoms with Crippen LogP contribution in [-0.4, -0.2) is 57.9 Å². The minimum absolute atomic E-state index is 0.0258. The summed E-state index contributed by atoms with van der Waals surface area (Å²) in [5, 5.41) is 23.2. The van der Waals surface area contributed by atoms with E-state index in [1.54, 1.807) is 34.6 Å². The lowest BCUT2D eigenvalue weighted by atomic mass is 9.44. The highest BCUT2D eigenvalue weighted by atomic mass is 19.1. The van der Waals surface area contributed by atoms with Crippen molar-refractivity contribution in [3.05, 3.63) is 23.8 Å². The molecule has 0 saturated heterocycles. The molecule has 194 valence electrons. The van der Waals surface area contributed by atoms with Gasteiger partial charge >= 0.3 is 5.97 Å². The molecular weight excluding hydrogens is 458 g/mol. The number of alkyl halides is 2. The number of carbonyl (C=O) groups excluding carboxylic acids is 3. The van der Waals surface area contributed by atoms with Gasteiger partial charge in [0.15, 0.2) is 18.1 Å². The number of hydrogen-bond acceptors (Lipinski definition) is 6. The van der Waals surface area contributed by atoms with Gasteiger partial charge in [-0.1, -0.05) is 19.9 Å². The van der Waals surface area contributed by atoms with Crippen LogP contribution in [0.25, 0.3) is 0 Å². The highest BCUT2D eigenvalue weighted by Gasteiger charge is 2.76. The number of aliphatic hydroxyl groups excluding tert-OH is 1. The number of allylic oxidation sites excluding steroid dienone is 4. The zero-order valence-corrected chi connectivity index (χ0v) is 21.2. The smallest absolute Gasteiger partial charge is 0.311 e. The lowest BCUT2D eigenvalue weighted by Gasteiger charge is -2.63. The fraction of sp³-hybridized carbons (Fsp3) is 0.741. The van der Waals surface area contributed by atoms with Gasteiger partial charge in [0.25, 0.3) is 0 Å². The van der Waals surface area contributed by atoms with Crippen LogP contribution >= 0.6 is 0 Å². The van der Waals surface area contributed by atoms with E-state index in [4.69, 9.17) is 4.74 Å². The normalized spacial score (nSPS) is 46.9. The van der Waals surface area contributed by atoms with Gasteiger partial charge in [-0.3, -0.25) is 14.4 Å². The zero-order valence-electron chi connectivity index (χ0n) is 21.2. The van der Waals surface area contributed by atoms with Gasteiger partial charge in [-0.05, 0) is 76.5 Å². The molecule has 3 fully saturated rings. The van der Waals surface area contributed by atoms with Crippen LogP contribution in [0.15, 0.2) is 23.8 Å². The molecule has 0 amide bonds. The van der Waals surface area contributed by atoms with Crippen LogP contribution in [0.3, 0.4) is 0 Å². The van der Waals surface area contributed by atoms with Gasteiger partial charge in [-0.15, -0.1) is 0 Å². The van der Waals surface area contributed by atoms with Crippen LogP contribution in [0.5, 0.6) is 0 Å².